The molecule has 122 valence electrons. The fourth-order valence-electron chi connectivity index (χ4n) is 2.41. The maximum atomic E-state index is 11.7. The highest BCUT2D eigenvalue weighted by Gasteiger charge is 2.19. The van der Waals surface area contributed by atoms with Crippen molar-refractivity contribution in [1.29, 1.82) is 0 Å². The normalized spacial score (nSPS) is 11.9. The summed E-state index contributed by atoms with van der Waals surface area (Å²) in [5.74, 6) is -0.265. The summed E-state index contributed by atoms with van der Waals surface area (Å²) in [6.45, 7) is 1.81. The van der Waals surface area contributed by atoms with Gasteiger partial charge in [0.1, 0.15) is 5.25 Å². The van der Waals surface area contributed by atoms with Crippen molar-refractivity contribution in [2.45, 2.75) is 17.3 Å². The zero-order valence-electron chi connectivity index (χ0n) is 13.5. The molecule has 0 aliphatic rings. The van der Waals surface area contributed by atoms with E-state index in [2.05, 4.69) is 4.98 Å². The van der Waals surface area contributed by atoms with Crippen LogP contribution in [-0.4, -0.2) is 28.3 Å². The molecule has 0 amide bonds. The van der Waals surface area contributed by atoms with Crippen molar-refractivity contribution >= 4 is 17.7 Å². The minimum absolute atomic E-state index is 0.265. The van der Waals surface area contributed by atoms with Crippen LogP contribution in [0, 0.1) is 0 Å². The van der Waals surface area contributed by atoms with Gasteiger partial charge in [0.05, 0.1) is 18.5 Å². The molecule has 1 heterocycles. The van der Waals surface area contributed by atoms with Gasteiger partial charge in [-0.15, -0.1) is 0 Å². The van der Waals surface area contributed by atoms with E-state index in [1.54, 1.807) is 0 Å². The van der Waals surface area contributed by atoms with Gasteiger partial charge in [0, 0.05) is 11.1 Å². The summed E-state index contributed by atoms with van der Waals surface area (Å²) in [4.78, 5) is 19.7. The lowest BCUT2D eigenvalue weighted by Crippen LogP contribution is -2.14. The number of imidazole rings is 1. The van der Waals surface area contributed by atoms with Crippen LogP contribution in [0.2, 0.25) is 0 Å². The van der Waals surface area contributed by atoms with E-state index in [0.717, 1.165) is 22.5 Å². The van der Waals surface area contributed by atoms with Gasteiger partial charge >= 0.3 is 5.97 Å². The van der Waals surface area contributed by atoms with Crippen LogP contribution in [0.15, 0.2) is 65.8 Å². The number of ether oxygens (including phenoxy) is 1. The predicted molar refractivity (Wildman–Crippen MR) is 96.8 cm³/mol. The molecule has 1 atom stereocenters. The highest BCUT2D eigenvalue weighted by molar-refractivity contribution is 8.00. The Morgan fingerprint density at radius 2 is 1.62 bits per heavy atom. The van der Waals surface area contributed by atoms with Crippen LogP contribution in [0.25, 0.3) is 22.5 Å². The number of aromatic amines is 1. The lowest BCUT2D eigenvalue weighted by Gasteiger charge is -2.05. The molecule has 2 aromatic carbocycles. The lowest BCUT2D eigenvalue weighted by atomic mass is 10.1. The van der Waals surface area contributed by atoms with E-state index in [-0.39, 0.29) is 11.2 Å². The Labute approximate surface area is 145 Å². The Morgan fingerprint density at radius 3 is 2.21 bits per heavy atom. The first kappa shape index (κ1) is 16.3. The molecular formula is C19H18N2O2S. The highest BCUT2D eigenvalue weighted by atomic mass is 32.2. The number of benzene rings is 2. The first-order valence-corrected chi connectivity index (χ1v) is 8.52. The number of nitrogens with zero attached hydrogens (tertiary/aromatic N) is 1. The third kappa shape index (κ3) is 3.51. The van der Waals surface area contributed by atoms with Crippen molar-refractivity contribution in [1.82, 2.24) is 9.97 Å². The Kier molecular flexibility index (Phi) is 5.01. The van der Waals surface area contributed by atoms with Crippen LogP contribution in [0.4, 0.5) is 0 Å². The van der Waals surface area contributed by atoms with E-state index in [1.807, 2.05) is 67.6 Å². The maximum absolute atomic E-state index is 11.7. The summed E-state index contributed by atoms with van der Waals surface area (Å²) in [6.07, 6.45) is 0. The fraction of sp³-hybridized carbons (Fsp3) is 0.158. The number of aromatic nitrogens is 2. The molecule has 0 spiro atoms. The molecule has 1 aromatic heterocycles. The number of hydrogen-bond donors (Lipinski definition) is 1. The summed E-state index contributed by atoms with van der Waals surface area (Å²) >= 11 is 1.36. The molecule has 5 heteroatoms. The molecule has 0 bridgehead atoms. The summed E-state index contributed by atoms with van der Waals surface area (Å²) in [7, 11) is 1.40. The second-order valence-corrected chi connectivity index (χ2v) is 6.61. The summed E-state index contributed by atoms with van der Waals surface area (Å²) in [6, 6.07) is 20.1. The van der Waals surface area contributed by atoms with Gasteiger partial charge in [0.25, 0.3) is 0 Å². The van der Waals surface area contributed by atoms with Crippen LogP contribution in [-0.2, 0) is 9.53 Å². The quantitative estimate of drug-likeness (QED) is 0.553. The highest BCUT2D eigenvalue weighted by Crippen LogP contribution is 2.33. The number of carbonyl (C=O) groups excluding carboxylic acids is 1. The minimum atomic E-state index is -0.326. The zero-order chi connectivity index (χ0) is 16.9. The molecule has 3 rings (SSSR count). The molecule has 1 unspecified atom stereocenters. The Hall–Kier alpha value is -2.53. The van der Waals surface area contributed by atoms with E-state index in [0.29, 0.717) is 5.16 Å². The smallest absolute Gasteiger partial charge is 0.318 e. The van der Waals surface area contributed by atoms with E-state index >= 15 is 0 Å². The van der Waals surface area contributed by atoms with Gasteiger partial charge in [-0.25, -0.2) is 4.98 Å². The van der Waals surface area contributed by atoms with E-state index in [4.69, 9.17) is 9.72 Å². The SMILES string of the molecule is COC(=O)C(C)Sc1nc(-c2ccccc2)c(-c2ccccc2)[nH]1. The number of rotatable bonds is 5. The number of hydrogen-bond acceptors (Lipinski definition) is 4. The lowest BCUT2D eigenvalue weighted by molar-refractivity contribution is -0.139. The molecular weight excluding hydrogens is 320 g/mol. The van der Waals surface area contributed by atoms with Crippen molar-refractivity contribution < 1.29 is 9.53 Å². The van der Waals surface area contributed by atoms with Crippen molar-refractivity contribution in [3.8, 4) is 22.5 Å². The molecule has 3 aromatic rings. The van der Waals surface area contributed by atoms with Gasteiger partial charge < -0.3 is 9.72 Å². The van der Waals surface area contributed by atoms with Gasteiger partial charge in [-0.05, 0) is 6.92 Å². The van der Waals surface area contributed by atoms with Gasteiger partial charge in [-0.1, -0.05) is 72.4 Å². The van der Waals surface area contributed by atoms with Crippen LogP contribution in [0.3, 0.4) is 0 Å². The number of methoxy groups -OCH3 is 1. The topological polar surface area (TPSA) is 55.0 Å². The third-order valence-corrected chi connectivity index (χ3v) is 4.58. The third-order valence-electron chi connectivity index (χ3n) is 3.61. The molecule has 0 saturated carbocycles. The monoisotopic (exact) mass is 338 g/mol. The number of thioether (sulfide) groups is 1. The Bertz CT molecular complexity index is 759. The molecule has 0 fully saturated rings. The van der Waals surface area contributed by atoms with E-state index < -0.39 is 0 Å². The molecule has 0 radical (unpaired) electrons. The standard InChI is InChI=1S/C19H18N2O2S/c1-13(18(22)23-2)24-19-20-16(14-9-5-3-6-10-14)17(21-19)15-11-7-4-8-12-15/h3-13H,1-2H3,(H,20,21). The Morgan fingerprint density at radius 1 is 1.04 bits per heavy atom. The van der Waals surface area contributed by atoms with Gasteiger partial charge in [0.2, 0.25) is 0 Å². The maximum Gasteiger partial charge on any atom is 0.318 e. The first-order valence-electron chi connectivity index (χ1n) is 7.64. The van der Waals surface area contributed by atoms with E-state index in [9.17, 15) is 4.79 Å². The van der Waals surface area contributed by atoms with Crippen molar-refractivity contribution in [2.75, 3.05) is 7.11 Å². The second kappa shape index (κ2) is 7.36. The number of carbonyl (C=O) groups is 1. The zero-order valence-corrected chi connectivity index (χ0v) is 14.3. The van der Waals surface area contributed by atoms with Crippen LogP contribution in [0.5, 0.6) is 0 Å². The Balaban J connectivity index is 2.02. The minimum Gasteiger partial charge on any atom is -0.468 e. The molecule has 1 N–H and O–H groups in total. The molecule has 0 aliphatic carbocycles. The van der Waals surface area contributed by atoms with Crippen molar-refractivity contribution in [3.05, 3.63) is 60.7 Å². The van der Waals surface area contributed by atoms with Gasteiger partial charge in [-0.2, -0.15) is 0 Å². The summed E-state index contributed by atoms with van der Waals surface area (Å²) in [5.41, 5.74) is 3.91. The molecule has 0 saturated heterocycles. The fourth-order valence-corrected chi connectivity index (χ4v) is 3.24. The average Bonchev–Trinajstić information content (AvgIpc) is 3.06. The molecule has 24 heavy (non-hydrogen) atoms. The van der Waals surface area contributed by atoms with Crippen LogP contribution >= 0.6 is 11.8 Å². The first-order chi connectivity index (χ1) is 11.7. The van der Waals surface area contributed by atoms with Crippen molar-refractivity contribution in [3.63, 3.8) is 0 Å². The number of esters is 1. The van der Waals surface area contributed by atoms with Crippen LogP contribution < -0.4 is 0 Å². The molecule has 0 aliphatic heterocycles. The van der Waals surface area contributed by atoms with E-state index in [1.165, 1.54) is 18.9 Å². The van der Waals surface area contributed by atoms with Gasteiger partial charge in [-0.3, -0.25) is 4.79 Å². The number of nitrogens with one attached hydrogen (secondary N) is 1. The average molecular weight is 338 g/mol. The molecule has 4 nitrogen and oxygen atoms in total. The second-order valence-electron chi connectivity index (χ2n) is 5.28. The number of H-pyrrole nitrogens is 1. The summed E-state index contributed by atoms with van der Waals surface area (Å²) in [5, 5.41) is 0.374. The largest absolute Gasteiger partial charge is 0.468 e. The van der Waals surface area contributed by atoms with Crippen molar-refractivity contribution in [2.24, 2.45) is 0 Å². The summed E-state index contributed by atoms with van der Waals surface area (Å²) < 4.78 is 4.79. The predicted octanol–water partition coefficient (Wildman–Crippen LogP) is 4.40. The van der Waals surface area contributed by atoms with Gasteiger partial charge in [0.15, 0.2) is 5.16 Å². The van der Waals surface area contributed by atoms with Crippen LogP contribution in [0.1, 0.15) is 6.92 Å².